The van der Waals surface area contributed by atoms with Crippen LogP contribution in [0.1, 0.15) is 36.2 Å². The van der Waals surface area contributed by atoms with Crippen LogP contribution in [0, 0.1) is 6.92 Å². The molecule has 0 bridgehead atoms. The normalized spacial score (nSPS) is 11.7. The van der Waals surface area contributed by atoms with E-state index in [2.05, 4.69) is 10.6 Å². The first-order valence-corrected chi connectivity index (χ1v) is 5.92. The van der Waals surface area contributed by atoms with Gasteiger partial charge in [-0.25, -0.2) is 4.79 Å². The molecule has 3 amide bonds. The Hall–Kier alpha value is -2.04. The van der Waals surface area contributed by atoms with Crippen LogP contribution in [0.25, 0.3) is 0 Å². The Labute approximate surface area is 107 Å². The van der Waals surface area contributed by atoms with Crippen LogP contribution in [0.3, 0.4) is 0 Å². The molecule has 98 valence electrons. The first kappa shape index (κ1) is 14.0. The number of nitrogens with one attached hydrogen (secondary N) is 2. The average molecular weight is 249 g/mol. The zero-order chi connectivity index (χ0) is 13.7. The van der Waals surface area contributed by atoms with Crippen LogP contribution in [0.5, 0.6) is 0 Å². The molecule has 0 spiro atoms. The van der Waals surface area contributed by atoms with Crippen LogP contribution in [-0.4, -0.2) is 18.0 Å². The topological polar surface area (TPSA) is 84.2 Å². The van der Waals surface area contributed by atoms with Gasteiger partial charge in [0.2, 0.25) is 5.91 Å². The van der Waals surface area contributed by atoms with Gasteiger partial charge in [0.1, 0.15) is 0 Å². The first-order valence-electron chi connectivity index (χ1n) is 5.92. The van der Waals surface area contributed by atoms with E-state index in [1.54, 1.807) is 25.1 Å². The molecule has 18 heavy (non-hydrogen) atoms. The van der Waals surface area contributed by atoms with Crippen molar-refractivity contribution in [2.75, 3.05) is 5.32 Å². The third-order valence-electron chi connectivity index (χ3n) is 2.84. The van der Waals surface area contributed by atoms with Gasteiger partial charge in [0.25, 0.3) is 0 Å². The standard InChI is InChI=1S/C13H19N3O2/c1-4-8(2)15-13(18)16-11-7-5-6-10(9(11)3)12(14)17/h5-8H,4H2,1-3H3,(H2,14,17)(H2,15,16,18). The van der Waals surface area contributed by atoms with Crippen LogP contribution >= 0.6 is 0 Å². The van der Waals surface area contributed by atoms with Crippen LogP contribution < -0.4 is 16.4 Å². The van der Waals surface area contributed by atoms with Crippen molar-refractivity contribution in [3.63, 3.8) is 0 Å². The Morgan fingerprint density at radius 3 is 2.61 bits per heavy atom. The summed E-state index contributed by atoms with van der Waals surface area (Å²) in [6.07, 6.45) is 0.855. The Morgan fingerprint density at radius 2 is 2.06 bits per heavy atom. The number of urea groups is 1. The number of primary amides is 1. The first-order chi connectivity index (χ1) is 8.45. The number of carbonyl (C=O) groups excluding carboxylic acids is 2. The predicted molar refractivity (Wildman–Crippen MR) is 71.6 cm³/mol. The van der Waals surface area contributed by atoms with E-state index in [0.29, 0.717) is 16.8 Å². The number of benzene rings is 1. The maximum Gasteiger partial charge on any atom is 0.319 e. The van der Waals surface area contributed by atoms with E-state index in [4.69, 9.17) is 5.73 Å². The fourth-order valence-corrected chi connectivity index (χ4v) is 1.52. The van der Waals surface area contributed by atoms with Gasteiger partial charge in [-0.2, -0.15) is 0 Å². The van der Waals surface area contributed by atoms with Crippen LogP contribution in [0.4, 0.5) is 10.5 Å². The summed E-state index contributed by atoms with van der Waals surface area (Å²) in [4.78, 5) is 22.9. The zero-order valence-corrected chi connectivity index (χ0v) is 10.9. The highest BCUT2D eigenvalue weighted by atomic mass is 16.2. The van der Waals surface area contributed by atoms with E-state index in [0.717, 1.165) is 6.42 Å². The molecule has 0 aliphatic rings. The average Bonchev–Trinajstić information content (AvgIpc) is 2.31. The van der Waals surface area contributed by atoms with Gasteiger partial charge in [-0.15, -0.1) is 0 Å². The lowest BCUT2D eigenvalue weighted by Gasteiger charge is -2.14. The van der Waals surface area contributed by atoms with Gasteiger partial charge < -0.3 is 16.4 Å². The van der Waals surface area contributed by atoms with Gasteiger partial charge >= 0.3 is 6.03 Å². The Bertz CT molecular complexity index is 458. The van der Waals surface area contributed by atoms with Crippen molar-refractivity contribution in [3.8, 4) is 0 Å². The molecule has 4 N–H and O–H groups in total. The SMILES string of the molecule is CCC(C)NC(=O)Nc1cccc(C(N)=O)c1C. The van der Waals surface area contributed by atoms with Crippen molar-refractivity contribution in [2.45, 2.75) is 33.2 Å². The molecule has 1 atom stereocenters. The number of carbonyl (C=O) groups is 2. The lowest BCUT2D eigenvalue weighted by molar-refractivity contribution is 0.0999. The summed E-state index contributed by atoms with van der Waals surface area (Å²) in [7, 11) is 0. The summed E-state index contributed by atoms with van der Waals surface area (Å²) in [5.74, 6) is -0.501. The minimum Gasteiger partial charge on any atom is -0.366 e. The lowest BCUT2D eigenvalue weighted by atomic mass is 10.1. The smallest absolute Gasteiger partial charge is 0.319 e. The van der Waals surface area contributed by atoms with Gasteiger partial charge in [0, 0.05) is 17.3 Å². The van der Waals surface area contributed by atoms with Crippen molar-refractivity contribution in [3.05, 3.63) is 29.3 Å². The van der Waals surface area contributed by atoms with Crippen molar-refractivity contribution >= 4 is 17.6 Å². The van der Waals surface area contributed by atoms with Gasteiger partial charge in [-0.1, -0.05) is 13.0 Å². The van der Waals surface area contributed by atoms with Crippen molar-refractivity contribution in [1.82, 2.24) is 5.32 Å². The maximum atomic E-state index is 11.7. The zero-order valence-electron chi connectivity index (χ0n) is 10.9. The minimum absolute atomic E-state index is 0.102. The van der Waals surface area contributed by atoms with E-state index < -0.39 is 5.91 Å². The number of hydrogen-bond acceptors (Lipinski definition) is 2. The van der Waals surface area contributed by atoms with E-state index in [9.17, 15) is 9.59 Å². The molecule has 5 heteroatoms. The number of hydrogen-bond donors (Lipinski definition) is 3. The van der Waals surface area contributed by atoms with E-state index >= 15 is 0 Å². The van der Waals surface area contributed by atoms with Gasteiger partial charge in [0.15, 0.2) is 0 Å². The second kappa shape index (κ2) is 6.05. The molecule has 0 aliphatic heterocycles. The Kier molecular flexibility index (Phi) is 4.71. The minimum atomic E-state index is -0.501. The molecule has 0 aromatic heterocycles. The van der Waals surface area contributed by atoms with Gasteiger partial charge in [-0.3, -0.25) is 4.79 Å². The van der Waals surface area contributed by atoms with E-state index in [1.807, 2.05) is 13.8 Å². The maximum absolute atomic E-state index is 11.7. The van der Waals surface area contributed by atoms with Crippen molar-refractivity contribution in [1.29, 1.82) is 0 Å². The predicted octanol–water partition coefficient (Wildman–Crippen LogP) is 2.01. The number of rotatable bonds is 4. The molecule has 1 aromatic rings. The summed E-state index contributed by atoms with van der Waals surface area (Å²) in [5.41, 5.74) is 6.92. The number of nitrogens with two attached hydrogens (primary N) is 1. The second-order valence-electron chi connectivity index (χ2n) is 4.25. The molecule has 1 unspecified atom stereocenters. The highest BCUT2D eigenvalue weighted by Crippen LogP contribution is 2.18. The van der Waals surface area contributed by atoms with Crippen LogP contribution in [-0.2, 0) is 0 Å². The molecule has 0 saturated carbocycles. The molecular weight excluding hydrogens is 230 g/mol. The lowest BCUT2D eigenvalue weighted by Crippen LogP contribution is -2.35. The molecule has 0 fully saturated rings. The van der Waals surface area contributed by atoms with E-state index in [1.165, 1.54) is 0 Å². The fourth-order valence-electron chi connectivity index (χ4n) is 1.52. The summed E-state index contributed by atoms with van der Waals surface area (Å²) in [6, 6.07) is 4.87. The molecule has 0 aliphatic carbocycles. The van der Waals surface area contributed by atoms with Crippen molar-refractivity contribution < 1.29 is 9.59 Å². The Morgan fingerprint density at radius 1 is 1.39 bits per heavy atom. The third-order valence-corrected chi connectivity index (χ3v) is 2.84. The molecular formula is C13H19N3O2. The quantitative estimate of drug-likeness (QED) is 0.762. The molecule has 0 radical (unpaired) electrons. The number of amides is 3. The van der Waals surface area contributed by atoms with E-state index in [-0.39, 0.29) is 12.1 Å². The summed E-state index contributed by atoms with van der Waals surface area (Å²) >= 11 is 0. The fraction of sp³-hybridized carbons (Fsp3) is 0.385. The van der Waals surface area contributed by atoms with Gasteiger partial charge in [-0.05, 0) is 38.0 Å². The summed E-state index contributed by atoms with van der Waals surface area (Å²) in [6.45, 7) is 5.66. The van der Waals surface area contributed by atoms with Gasteiger partial charge in [0.05, 0.1) is 0 Å². The summed E-state index contributed by atoms with van der Waals surface area (Å²) < 4.78 is 0. The molecule has 1 aromatic carbocycles. The van der Waals surface area contributed by atoms with Crippen molar-refractivity contribution in [2.24, 2.45) is 5.73 Å². The summed E-state index contributed by atoms with van der Waals surface area (Å²) in [5, 5.41) is 5.50. The van der Waals surface area contributed by atoms with Crippen LogP contribution in [0.15, 0.2) is 18.2 Å². The van der Waals surface area contributed by atoms with Crippen LogP contribution in [0.2, 0.25) is 0 Å². The second-order valence-corrected chi connectivity index (χ2v) is 4.25. The number of anilines is 1. The molecule has 0 heterocycles. The highest BCUT2D eigenvalue weighted by Gasteiger charge is 2.11. The Balaban J connectivity index is 2.82. The monoisotopic (exact) mass is 249 g/mol. The largest absolute Gasteiger partial charge is 0.366 e. The molecule has 1 rings (SSSR count). The third kappa shape index (κ3) is 3.48. The highest BCUT2D eigenvalue weighted by molar-refractivity contribution is 5.98. The molecule has 5 nitrogen and oxygen atoms in total. The molecule has 0 saturated heterocycles.